The lowest BCUT2D eigenvalue weighted by atomic mass is 10.0. The van der Waals surface area contributed by atoms with E-state index in [4.69, 9.17) is 4.74 Å². The molecule has 2 heterocycles. The summed E-state index contributed by atoms with van der Waals surface area (Å²) in [7, 11) is 0. The molecule has 142 valence electrons. The van der Waals surface area contributed by atoms with Crippen molar-refractivity contribution in [3.8, 4) is 5.75 Å². The fourth-order valence-corrected chi connectivity index (χ4v) is 3.35. The van der Waals surface area contributed by atoms with E-state index in [9.17, 15) is 4.79 Å². The van der Waals surface area contributed by atoms with E-state index in [1.807, 2.05) is 25.1 Å². The molecule has 0 fully saturated rings. The standard InChI is InChI=1S/C22H22N4O2/c1-2-28-18-11-9-17(10-12-18)25-22(27)19-14-24-21(15-23-19)26-13-5-7-16-6-3-4-8-20(16)26/h3-4,6,8-12,14-15H,2,5,7,13H2,1H3,(H,25,27). The molecule has 0 atom stereocenters. The molecule has 0 unspecified atom stereocenters. The minimum absolute atomic E-state index is 0.280. The van der Waals surface area contributed by atoms with E-state index in [1.54, 1.807) is 18.3 Å². The summed E-state index contributed by atoms with van der Waals surface area (Å²) in [5.74, 6) is 1.23. The van der Waals surface area contributed by atoms with E-state index in [2.05, 4.69) is 38.4 Å². The number of nitrogens with one attached hydrogen (secondary N) is 1. The third kappa shape index (κ3) is 3.81. The molecule has 6 heteroatoms. The molecular formula is C22H22N4O2. The van der Waals surface area contributed by atoms with E-state index < -0.39 is 0 Å². The quantitative estimate of drug-likeness (QED) is 0.724. The number of carbonyl (C=O) groups excluding carboxylic acids is 1. The molecule has 1 aliphatic heterocycles. The number of rotatable bonds is 5. The Morgan fingerprint density at radius 1 is 1.11 bits per heavy atom. The molecule has 0 bridgehead atoms. The fourth-order valence-electron chi connectivity index (χ4n) is 3.35. The zero-order chi connectivity index (χ0) is 19.3. The number of anilines is 3. The van der Waals surface area contributed by atoms with Crippen molar-refractivity contribution in [1.29, 1.82) is 0 Å². The third-order valence-corrected chi connectivity index (χ3v) is 4.68. The minimum Gasteiger partial charge on any atom is -0.494 e. The molecule has 4 rings (SSSR count). The molecule has 0 spiro atoms. The monoisotopic (exact) mass is 374 g/mol. The second-order valence-corrected chi connectivity index (χ2v) is 6.56. The lowest BCUT2D eigenvalue weighted by Gasteiger charge is -2.30. The van der Waals surface area contributed by atoms with Crippen molar-refractivity contribution in [2.45, 2.75) is 19.8 Å². The zero-order valence-electron chi connectivity index (χ0n) is 15.8. The smallest absolute Gasteiger partial charge is 0.275 e. The number of nitrogens with zero attached hydrogens (tertiary/aromatic N) is 3. The Morgan fingerprint density at radius 2 is 1.93 bits per heavy atom. The van der Waals surface area contributed by atoms with Gasteiger partial charge in [0.1, 0.15) is 11.4 Å². The summed E-state index contributed by atoms with van der Waals surface area (Å²) in [6.45, 7) is 3.43. The van der Waals surface area contributed by atoms with Crippen molar-refractivity contribution in [2.75, 3.05) is 23.4 Å². The second-order valence-electron chi connectivity index (χ2n) is 6.56. The van der Waals surface area contributed by atoms with Gasteiger partial charge in [0.05, 0.1) is 19.0 Å². The lowest BCUT2D eigenvalue weighted by Crippen LogP contribution is -2.25. The Balaban J connectivity index is 1.47. The largest absolute Gasteiger partial charge is 0.494 e. The first-order valence-electron chi connectivity index (χ1n) is 9.46. The Bertz CT molecular complexity index is 955. The molecule has 1 N–H and O–H groups in total. The van der Waals surface area contributed by atoms with Crippen LogP contribution in [-0.4, -0.2) is 29.0 Å². The van der Waals surface area contributed by atoms with Gasteiger partial charge in [0.25, 0.3) is 5.91 Å². The van der Waals surface area contributed by atoms with Crippen molar-refractivity contribution in [2.24, 2.45) is 0 Å². The van der Waals surface area contributed by atoms with Crippen LogP contribution in [0.2, 0.25) is 0 Å². The molecular weight excluding hydrogens is 352 g/mol. The summed E-state index contributed by atoms with van der Waals surface area (Å²) < 4.78 is 5.41. The summed E-state index contributed by atoms with van der Waals surface area (Å²) in [6, 6.07) is 15.6. The number of fused-ring (bicyclic) bond motifs is 1. The van der Waals surface area contributed by atoms with E-state index >= 15 is 0 Å². The third-order valence-electron chi connectivity index (χ3n) is 4.68. The van der Waals surface area contributed by atoms with Gasteiger partial charge in [-0.25, -0.2) is 9.97 Å². The van der Waals surface area contributed by atoms with E-state index in [1.165, 1.54) is 11.8 Å². The molecule has 3 aromatic rings. The van der Waals surface area contributed by atoms with Crippen molar-refractivity contribution in [3.05, 3.63) is 72.2 Å². The Hall–Kier alpha value is -3.41. The maximum atomic E-state index is 12.5. The summed E-state index contributed by atoms with van der Waals surface area (Å²) >= 11 is 0. The van der Waals surface area contributed by atoms with E-state index in [0.29, 0.717) is 12.3 Å². The summed E-state index contributed by atoms with van der Waals surface area (Å²) in [5, 5.41) is 2.83. The first-order valence-corrected chi connectivity index (χ1v) is 9.46. The number of carbonyl (C=O) groups is 1. The van der Waals surface area contributed by atoms with Gasteiger partial charge in [-0.1, -0.05) is 18.2 Å². The van der Waals surface area contributed by atoms with Crippen LogP contribution < -0.4 is 15.0 Å². The maximum absolute atomic E-state index is 12.5. The van der Waals surface area contributed by atoms with Crippen LogP contribution in [0.1, 0.15) is 29.4 Å². The van der Waals surface area contributed by atoms with Crippen LogP contribution in [0, 0.1) is 0 Å². The van der Waals surface area contributed by atoms with Gasteiger partial charge in [-0.2, -0.15) is 0 Å². The van der Waals surface area contributed by atoms with Crippen LogP contribution in [0.15, 0.2) is 60.9 Å². The number of para-hydroxylation sites is 1. The number of hydrogen-bond acceptors (Lipinski definition) is 5. The topological polar surface area (TPSA) is 67.3 Å². The molecule has 1 amide bonds. The van der Waals surface area contributed by atoms with Crippen LogP contribution in [0.3, 0.4) is 0 Å². The van der Waals surface area contributed by atoms with E-state index in [-0.39, 0.29) is 11.6 Å². The van der Waals surface area contributed by atoms with Gasteiger partial charge in [0, 0.05) is 17.9 Å². The predicted octanol–water partition coefficient (Wildman–Crippen LogP) is 4.21. The SMILES string of the molecule is CCOc1ccc(NC(=O)c2cnc(N3CCCc4ccccc43)cn2)cc1. The lowest BCUT2D eigenvalue weighted by molar-refractivity contribution is 0.102. The van der Waals surface area contributed by atoms with Gasteiger partial charge in [0.2, 0.25) is 0 Å². The fraction of sp³-hybridized carbons (Fsp3) is 0.227. The molecule has 0 saturated heterocycles. The Labute approximate surface area is 164 Å². The average molecular weight is 374 g/mol. The Kier molecular flexibility index (Phi) is 5.19. The highest BCUT2D eigenvalue weighted by molar-refractivity contribution is 6.02. The van der Waals surface area contributed by atoms with E-state index in [0.717, 1.165) is 36.6 Å². The zero-order valence-corrected chi connectivity index (χ0v) is 15.8. The molecule has 0 saturated carbocycles. The summed E-state index contributed by atoms with van der Waals surface area (Å²) in [5.41, 5.74) is 3.44. The van der Waals surface area contributed by atoms with Crippen molar-refractivity contribution in [3.63, 3.8) is 0 Å². The molecule has 0 aliphatic carbocycles. The molecule has 2 aromatic carbocycles. The number of aromatic nitrogens is 2. The van der Waals surface area contributed by atoms with Crippen LogP contribution in [0.25, 0.3) is 0 Å². The summed E-state index contributed by atoms with van der Waals surface area (Å²) in [6.07, 6.45) is 5.33. The van der Waals surface area contributed by atoms with Crippen LogP contribution in [0.4, 0.5) is 17.2 Å². The van der Waals surface area contributed by atoms with Gasteiger partial charge in [-0.15, -0.1) is 0 Å². The number of benzene rings is 2. The number of aryl methyl sites for hydroxylation is 1. The van der Waals surface area contributed by atoms with Crippen molar-refractivity contribution in [1.82, 2.24) is 9.97 Å². The number of amides is 1. The average Bonchev–Trinajstić information content (AvgIpc) is 2.75. The van der Waals surface area contributed by atoms with Gasteiger partial charge >= 0.3 is 0 Å². The van der Waals surface area contributed by atoms with Crippen molar-refractivity contribution >= 4 is 23.1 Å². The van der Waals surface area contributed by atoms with Gasteiger partial charge in [0.15, 0.2) is 5.82 Å². The Morgan fingerprint density at radius 3 is 2.68 bits per heavy atom. The van der Waals surface area contributed by atoms with Crippen LogP contribution in [-0.2, 0) is 6.42 Å². The summed E-state index contributed by atoms with van der Waals surface area (Å²) in [4.78, 5) is 23.4. The van der Waals surface area contributed by atoms with Gasteiger partial charge in [-0.3, -0.25) is 4.79 Å². The molecule has 28 heavy (non-hydrogen) atoms. The molecule has 1 aromatic heterocycles. The minimum atomic E-state index is -0.290. The highest BCUT2D eigenvalue weighted by atomic mass is 16.5. The first kappa shape index (κ1) is 18.0. The molecule has 1 aliphatic rings. The number of ether oxygens (including phenoxy) is 1. The highest BCUT2D eigenvalue weighted by Crippen LogP contribution is 2.31. The van der Waals surface area contributed by atoms with Crippen LogP contribution >= 0.6 is 0 Å². The molecule has 6 nitrogen and oxygen atoms in total. The number of hydrogen-bond donors (Lipinski definition) is 1. The maximum Gasteiger partial charge on any atom is 0.275 e. The predicted molar refractivity (Wildman–Crippen MR) is 109 cm³/mol. The van der Waals surface area contributed by atoms with Gasteiger partial charge < -0.3 is 15.0 Å². The highest BCUT2D eigenvalue weighted by Gasteiger charge is 2.19. The van der Waals surface area contributed by atoms with Gasteiger partial charge in [-0.05, 0) is 55.7 Å². The first-order chi connectivity index (χ1) is 13.7. The van der Waals surface area contributed by atoms with Crippen LogP contribution in [0.5, 0.6) is 5.75 Å². The second kappa shape index (κ2) is 8.08. The molecule has 0 radical (unpaired) electrons. The van der Waals surface area contributed by atoms with Crippen molar-refractivity contribution < 1.29 is 9.53 Å². The normalized spacial score (nSPS) is 13.0.